The van der Waals surface area contributed by atoms with Gasteiger partial charge in [-0.15, -0.1) is 0 Å². The van der Waals surface area contributed by atoms with E-state index in [0.29, 0.717) is 19.3 Å². The summed E-state index contributed by atoms with van der Waals surface area (Å²) in [6.45, 7) is 6.39. The topological polar surface area (TPSA) is 78.9 Å². The van der Waals surface area contributed by atoms with Crippen LogP contribution in [-0.2, 0) is 28.6 Å². The third-order valence-electron chi connectivity index (χ3n) is 12.8. The number of rotatable bonds is 54. The summed E-state index contributed by atoms with van der Waals surface area (Å²) in [5, 5.41) is 0. The Morgan fingerprint density at radius 2 is 0.542 bits per heavy atom. The van der Waals surface area contributed by atoms with Crippen LogP contribution < -0.4 is 0 Å². The van der Waals surface area contributed by atoms with E-state index in [9.17, 15) is 14.4 Å². The van der Waals surface area contributed by atoms with Crippen molar-refractivity contribution in [2.45, 2.75) is 290 Å². The van der Waals surface area contributed by atoms with Gasteiger partial charge in [0.1, 0.15) is 13.2 Å². The number of ether oxygens (including phenoxy) is 3. The summed E-state index contributed by atoms with van der Waals surface area (Å²) in [5.41, 5.74) is 0. The predicted octanol–water partition coefficient (Wildman–Crippen LogP) is 20.5. The van der Waals surface area contributed by atoms with E-state index in [1.165, 1.54) is 122 Å². The molecule has 6 nitrogen and oxygen atoms in total. The fourth-order valence-corrected chi connectivity index (χ4v) is 8.37. The van der Waals surface area contributed by atoms with Crippen LogP contribution >= 0.6 is 0 Å². The molecule has 0 saturated carbocycles. The second-order valence-electron chi connectivity index (χ2n) is 19.9. The molecule has 0 aliphatic heterocycles. The molecular formula is C66H112O6. The molecule has 0 bridgehead atoms. The molecule has 0 aliphatic rings. The SMILES string of the molecule is CC/C=C\C/C=C\C/C=C\C/C=C\CCCCCCCCC(=O)OC(COC(=O)CCCC/C=C\C/C=C\C/C=C\C/C=C\CC)COC(=O)CCCCCCCCCCCCCCCCCCCCCC. The lowest BCUT2D eigenvalue weighted by atomic mass is 10.0. The normalized spacial score (nSPS) is 12.8. The zero-order valence-corrected chi connectivity index (χ0v) is 47.2. The van der Waals surface area contributed by atoms with Crippen LogP contribution in [0.3, 0.4) is 0 Å². The summed E-state index contributed by atoms with van der Waals surface area (Å²) in [6, 6.07) is 0. The molecule has 0 heterocycles. The molecule has 0 N–H and O–H groups in total. The molecule has 0 fully saturated rings. The maximum atomic E-state index is 12.9. The van der Waals surface area contributed by atoms with E-state index < -0.39 is 6.10 Å². The van der Waals surface area contributed by atoms with E-state index in [1.807, 2.05) is 0 Å². The van der Waals surface area contributed by atoms with Gasteiger partial charge >= 0.3 is 17.9 Å². The average Bonchev–Trinajstić information content (AvgIpc) is 3.38. The Morgan fingerprint density at radius 3 is 0.875 bits per heavy atom. The first-order valence-corrected chi connectivity index (χ1v) is 30.2. The lowest BCUT2D eigenvalue weighted by Gasteiger charge is -2.18. The third-order valence-corrected chi connectivity index (χ3v) is 12.8. The first kappa shape index (κ1) is 68.3. The first-order chi connectivity index (χ1) is 35.5. The minimum atomic E-state index is -0.803. The van der Waals surface area contributed by atoms with E-state index >= 15 is 0 Å². The number of hydrogen-bond acceptors (Lipinski definition) is 6. The van der Waals surface area contributed by atoms with Crippen molar-refractivity contribution in [1.29, 1.82) is 0 Å². The van der Waals surface area contributed by atoms with E-state index in [4.69, 9.17) is 14.2 Å². The molecule has 0 aromatic heterocycles. The monoisotopic (exact) mass is 1000 g/mol. The third kappa shape index (κ3) is 57.2. The van der Waals surface area contributed by atoms with E-state index in [0.717, 1.165) is 122 Å². The van der Waals surface area contributed by atoms with Gasteiger partial charge in [-0.05, 0) is 96.3 Å². The van der Waals surface area contributed by atoms with Crippen molar-refractivity contribution in [3.05, 3.63) is 97.2 Å². The average molecular weight is 1000 g/mol. The molecular weight excluding hydrogens is 889 g/mol. The quantitative estimate of drug-likeness (QED) is 0.0261. The standard InChI is InChI=1S/C66H112O6/c1-4-7-10-13-16-19-22-25-28-30-32-34-35-38-41-44-47-50-53-56-59-65(68)71-62-63(61-70-64(67)58-55-52-49-46-43-40-37-27-24-21-18-15-12-9-6-3)72-66(69)60-57-54-51-48-45-42-39-36-33-31-29-26-23-20-17-14-11-8-5-2/h8-9,11-12,17-18,20-21,26-27,29,33,36-37,43,46,63H,4-7,10,13-16,19,22-25,28,30-32,34-35,38-42,44-45,47-62H2,1-3H3/b11-8-,12-9-,20-17-,21-18-,29-26-,36-33-,37-27-,46-43-. The summed E-state index contributed by atoms with van der Waals surface area (Å²) < 4.78 is 16.9. The van der Waals surface area contributed by atoms with Crippen LogP contribution in [0.2, 0.25) is 0 Å². The zero-order chi connectivity index (χ0) is 52.2. The summed E-state index contributed by atoms with van der Waals surface area (Å²) >= 11 is 0. The van der Waals surface area contributed by atoms with Crippen molar-refractivity contribution in [3.63, 3.8) is 0 Å². The Bertz CT molecular complexity index is 1430. The van der Waals surface area contributed by atoms with Gasteiger partial charge in [-0.25, -0.2) is 0 Å². The minimum Gasteiger partial charge on any atom is -0.462 e. The number of unbranched alkanes of at least 4 members (excludes halogenated alkanes) is 27. The van der Waals surface area contributed by atoms with Gasteiger partial charge in [-0.2, -0.15) is 0 Å². The van der Waals surface area contributed by atoms with Crippen LogP contribution in [0.5, 0.6) is 0 Å². The zero-order valence-electron chi connectivity index (χ0n) is 47.2. The van der Waals surface area contributed by atoms with Crippen molar-refractivity contribution < 1.29 is 28.6 Å². The molecule has 0 saturated heterocycles. The van der Waals surface area contributed by atoms with E-state index in [1.54, 1.807) is 0 Å². The van der Waals surface area contributed by atoms with Crippen LogP contribution in [0.25, 0.3) is 0 Å². The van der Waals surface area contributed by atoms with Gasteiger partial charge in [0.05, 0.1) is 0 Å². The molecule has 0 aromatic rings. The Morgan fingerprint density at radius 1 is 0.292 bits per heavy atom. The Labute approximate surface area is 445 Å². The van der Waals surface area contributed by atoms with Crippen LogP contribution in [0.4, 0.5) is 0 Å². The summed E-state index contributed by atoms with van der Waals surface area (Å²) in [5.74, 6) is -0.945. The largest absolute Gasteiger partial charge is 0.462 e. The van der Waals surface area contributed by atoms with Crippen LogP contribution in [-0.4, -0.2) is 37.2 Å². The number of hydrogen-bond donors (Lipinski definition) is 0. The second-order valence-corrected chi connectivity index (χ2v) is 19.9. The van der Waals surface area contributed by atoms with Gasteiger partial charge in [0.15, 0.2) is 6.10 Å². The Hall–Kier alpha value is -3.67. The van der Waals surface area contributed by atoms with Gasteiger partial charge in [-0.3, -0.25) is 14.4 Å². The molecule has 1 unspecified atom stereocenters. The predicted molar refractivity (Wildman–Crippen MR) is 311 cm³/mol. The smallest absolute Gasteiger partial charge is 0.306 e. The Kier molecular flexibility index (Phi) is 56.8. The first-order valence-electron chi connectivity index (χ1n) is 30.2. The highest BCUT2D eigenvalue weighted by Crippen LogP contribution is 2.16. The van der Waals surface area contributed by atoms with Crippen LogP contribution in [0.15, 0.2) is 97.2 Å². The minimum absolute atomic E-state index is 0.0951. The van der Waals surface area contributed by atoms with Crippen LogP contribution in [0, 0.1) is 0 Å². The molecule has 412 valence electrons. The van der Waals surface area contributed by atoms with Crippen molar-refractivity contribution in [3.8, 4) is 0 Å². The number of carbonyl (C=O) groups excluding carboxylic acids is 3. The van der Waals surface area contributed by atoms with Gasteiger partial charge in [-0.1, -0.05) is 266 Å². The molecule has 0 aromatic carbocycles. The summed E-state index contributed by atoms with van der Waals surface area (Å²) in [6.07, 6.45) is 79.8. The molecule has 0 aliphatic carbocycles. The van der Waals surface area contributed by atoms with E-state index in [2.05, 4.69) is 118 Å². The van der Waals surface area contributed by atoms with Gasteiger partial charge in [0, 0.05) is 19.3 Å². The molecule has 0 amide bonds. The van der Waals surface area contributed by atoms with Crippen molar-refractivity contribution >= 4 is 17.9 Å². The highest BCUT2D eigenvalue weighted by atomic mass is 16.6. The van der Waals surface area contributed by atoms with E-state index in [-0.39, 0.29) is 31.1 Å². The van der Waals surface area contributed by atoms with Gasteiger partial charge in [0.25, 0.3) is 0 Å². The van der Waals surface area contributed by atoms with Gasteiger partial charge in [0.2, 0.25) is 0 Å². The number of allylic oxidation sites excluding steroid dienone is 16. The fourth-order valence-electron chi connectivity index (χ4n) is 8.37. The highest BCUT2D eigenvalue weighted by Gasteiger charge is 2.19. The molecule has 0 rings (SSSR count). The van der Waals surface area contributed by atoms with Crippen molar-refractivity contribution in [1.82, 2.24) is 0 Å². The summed E-state index contributed by atoms with van der Waals surface area (Å²) in [4.78, 5) is 38.2. The fraction of sp³-hybridized carbons (Fsp3) is 0.712. The van der Waals surface area contributed by atoms with Crippen molar-refractivity contribution in [2.24, 2.45) is 0 Å². The molecule has 72 heavy (non-hydrogen) atoms. The number of esters is 3. The molecule has 0 radical (unpaired) electrons. The maximum absolute atomic E-state index is 12.9. The summed E-state index contributed by atoms with van der Waals surface area (Å²) in [7, 11) is 0. The second kappa shape index (κ2) is 59.9. The van der Waals surface area contributed by atoms with Crippen molar-refractivity contribution in [2.75, 3.05) is 13.2 Å². The van der Waals surface area contributed by atoms with Crippen LogP contribution in [0.1, 0.15) is 284 Å². The lowest BCUT2D eigenvalue weighted by molar-refractivity contribution is -0.167. The molecule has 6 heteroatoms. The lowest BCUT2D eigenvalue weighted by Crippen LogP contribution is -2.30. The molecule has 1 atom stereocenters. The Balaban J connectivity index is 4.43. The van der Waals surface area contributed by atoms with Gasteiger partial charge < -0.3 is 14.2 Å². The maximum Gasteiger partial charge on any atom is 0.306 e. The molecule has 0 spiro atoms. The highest BCUT2D eigenvalue weighted by molar-refractivity contribution is 5.71. The number of carbonyl (C=O) groups is 3.